The first-order valence-corrected chi connectivity index (χ1v) is 6.93. The van der Waals surface area contributed by atoms with Gasteiger partial charge in [-0.25, -0.2) is 4.98 Å². The summed E-state index contributed by atoms with van der Waals surface area (Å²) in [7, 11) is 0. The lowest BCUT2D eigenvalue weighted by molar-refractivity contribution is -0.435. The number of carbonyl (C=O) groups is 1. The van der Waals surface area contributed by atoms with Crippen molar-refractivity contribution in [2.75, 3.05) is 5.32 Å². The number of nitrogens with one attached hydrogen (secondary N) is 1. The van der Waals surface area contributed by atoms with Gasteiger partial charge in [-0.15, -0.1) is 0 Å². The molecule has 0 aliphatic rings. The molecule has 1 aromatic rings. The van der Waals surface area contributed by atoms with E-state index in [1.54, 1.807) is 0 Å². The van der Waals surface area contributed by atoms with Crippen LogP contribution in [0.3, 0.4) is 0 Å². The maximum absolute atomic E-state index is 13.6. The first-order chi connectivity index (χ1) is 13.6. The molecule has 0 saturated heterocycles. The molecule has 6 nitrogen and oxygen atoms in total. The van der Waals surface area contributed by atoms with E-state index in [2.05, 4.69) is 4.98 Å². The summed E-state index contributed by atoms with van der Waals surface area (Å²) >= 11 is 0. The van der Waals surface area contributed by atoms with Crippen LogP contribution in [-0.2, 0) is 4.79 Å². The Kier molecular flexibility index (Phi) is 6.21. The van der Waals surface area contributed by atoms with E-state index < -0.39 is 58.1 Å². The molecular formula is C12H4F13N3O3. The first-order valence-electron chi connectivity index (χ1n) is 6.93. The van der Waals surface area contributed by atoms with Gasteiger partial charge in [0.25, 0.3) is 5.69 Å². The molecule has 0 saturated carbocycles. The molecule has 0 bridgehead atoms. The van der Waals surface area contributed by atoms with E-state index in [1.807, 2.05) is 0 Å². The number of anilines is 1. The minimum absolute atomic E-state index is 0.235. The summed E-state index contributed by atoms with van der Waals surface area (Å²) in [5, 5.41) is 11.0. The Balaban J connectivity index is 3.35. The van der Waals surface area contributed by atoms with Gasteiger partial charge in [-0.1, -0.05) is 0 Å². The highest BCUT2D eigenvalue weighted by atomic mass is 19.4. The molecule has 0 unspecified atom stereocenters. The fraction of sp³-hybridized carbons (Fsp3) is 0.500. The molecule has 1 rings (SSSR count). The average molecular weight is 485 g/mol. The Hall–Kier alpha value is -2.89. The van der Waals surface area contributed by atoms with Gasteiger partial charge in [-0.3, -0.25) is 14.9 Å². The minimum Gasteiger partial charge on any atom is -0.305 e. The molecule has 1 aromatic heterocycles. The molecule has 0 aliphatic heterocycles. The maximum Gasteiger partial charge on any atom is 0.460 e. The van der Waals surface area contributed by atoms with Gasteiger partial charge in [-0.2, -0.15) is 57.1 Å². The lowest BCUT2D eigenvalue weighted by atomic mass is 9.93. The second-order valence-electron chi connectivity index (χ2n) is 5.48. The van der Waals surface area contributed by atoms with Crippen molar-refractivity contribution in [1.82, 2.24) is 4.98 Å². The van der Waals surface area contributed by atoms with Crippen molar-refractivity contribution in [3.8, 4) is 0 Å². The summed E-state index contributed by atoms with van der Waals surface area (Å²) in [6.45, 7) is 0. The van der Waals surface area contributed by atoms with Crippen LogP contribution in [0.5, 0.6) is 0 Å². The Morgan fingerprint density at radius 2 is 1.26 bits per heavy atom. The SMILES string of the molecule is O=C(Nc1ccc([N+](=O)[O-])cn1)C(F)(F)C(F)(F)C(F)(F)C(F)(F)C(F)(F)C(F)(F)F. The number of aromatic nitrogens is 1. The van der Waals surface area contributed by atoms with Crippen molar-refractivity contribution in [3.05, 3.63) is 28.4 Å². The molecule has 0 fully saturated rings. The van der Waals surface area contributed by atoms with E-state index in [-0.39, 0.29) is 12.3 Å². The van der Waals surface area contributed by atoms with Gasteiger partial charge < -0.3 is 5.32 Å². The van der Waals surface area contributed by atoms with E-state index in [0.717, 1.165) is 0 Å². The molecular weight excluding hydrogens is 481 g/mol. The lowest BCUT2D eigenvalue weighted by Crippen LogP contribution is -2.71. The van der Waals surface area contributed by atoms with Crippen LogP contribution in [-0.4, -0.2) is 51.6 Å². The van der Waals surface area contributed by atoms with E-state index in [9.17, 15) is 72.0 Å². The number of hydrogen-bond donors (Lipinski definition) is 1. The Morgan fingerprint density at radius 1 is 0.806 bits per heavy atom. The molecule has 176 valence electrons. The number of halogens is 13. The third kappa shape index (κ3) is 3.91. The van der Waals surface area contributed by atoms with Crippen molar-refractivity contribution in [3.63, 3.8) is 0 Å². The molecule has 1 N–H and O–H groups in total. The highest BCUT2D eigenvalue weighted by Gasteiger charge is 2.91. The van der Waals surface area contributed by atoms with Crippen LogP contribution in [0.2, 0.25) is 0 Å². The number of amides is 1. The lowest BCUT2D eigenvalue weighted by Gasteiger charge is -2.39. The third-order valence-corrected chi connectivity index (χ3v) is 3.42. The Labute approximate surface area is 160 Å². The van der Waals surface area contributed by atoms with Crippen LogP contribution in [0.15, 0.2) is 18.3 Å². The summed E-state index contributed by atoms with van der Waals surface area (Å²) in [6, 6.07) is 0.709. The monoisotopic (exact) mass is 485 g/mol. The Morgan fingerprint density at radius 3 is 1.61 bits per heavy atom. The van der Waals surface area contributed by atoms with Crippen LogP contribution in [0.4, 0.5) is 68.6 Å². The highest BCUT2D eigenvalue weighted by molar-refractivity contribution is 5.96. The normalized spacial score (nSPS) is 14.4. The molecule has 0 aliphatic carbocycles. The molecule has 0 atom stereocenters. The van der Waals surface area contributed by atoms with E-state index in [0.29, 0.717) is 11.4 Å². The van der Waals surface area contributed by atoms with E-state index >= 15 is 0 Å². The average Bonchev–Trinajstić information content (AvgIpc) is 2.60. The minimum atomic E-state index is -8.14. The zero-order chi connectivity index (χ0) is 24.8. The van der Waals surface area contributed by atoms with Gasteiger partial charge >= 0.3 is 41.7 Å². The summed E-state index contributed by atoms with van der Waals surface area (Å²) in [6.07, 6.45) is -7.34. The first kappa shape index (κ1) is 26.1. The van der Waals surface area contributed by atoms with Gasteiger partial charge in [0.15, 0.2) is 0 Å². The highest BCUT2D eigenvalue weighted by Crippen LogP contribution is 2.60. The van der Waals surface area contributed by atoms with Crippen LogP contribution >= 0.6 is 0 Å². The number of nitrogens with zero attached hydrogens (tertiary/aromatic N) is 2. The van der Waals surface area contributed by atoms with Crippen molar-refractivity contribution >= 4 is 17.4 Å². The molecule has 1 heterocycles. The molecule has 0 radical (unpaired) electrons. The van der Waals surface area contributed by atoms with Gasteiger partial charge in [-0.05, 0) is 6.07 Å². The van der Waals surface area contributed by atoms with Crippen LogP contribution in [0.1, 0.15) is 0 Å². The maximum atomic E-state index is 13.6. The topological polar surface area (TPSA) is 85.1 Å². The number of nitro groups is 1. The fourth-order valence-corrected chi connectivity index (χ4v) is 1.67. The Bertz CT molecular complexity index is 852. The van der Waals surface area contributed by atoms with Crippen molar-refractivity contribution in [2.24, 2.45) is 0 Å². The van der Waals surface area contributed by atoms with Gasteiger partial charge in [0.1, 0.15) is 12.0 Å². The summed E-state index contributed by atoms with van der Waals surface area (Å²) in [5.74, 6) is -43.8. The number of pyridine rings is 1. The predicted octanol–water partition coefficient (Wildman–Crippen LogP) is 4.67. The van der Waals surface area contributed by atoms with Gasteiger partial charge in [0.2, 0.25) is 0 Å². The molecule has 1 amide bonds. The van der Waals surface area contributed by atoms with Crippen LogP contribution < -0.4 is 5.32 Å². The zero-order valence-corrected chi connectivity index (χ0v) is 13.8. The smallest absolute Gasteiger partial charge is 0.305 e. The number of alkyl halides is 13. The second kappa shape index (κ2) is 7.36. The standard InChI is InChI=1S/C12H4F13N3O3/c13-7(14,6(29)27-5-2-1-4(3-26-5)28(30)31)8(15,16)9(17,18)10(19,20)11(21,22)12(23,24)25/h1-3H,(H,26,27,29). The fourth-order valence-electron chi connectivity index (χ4n) is 1.67. The molecule has 0 spiro atoms. The molecule has 19 heteroatoms. The largest absolute Gasteiger partial charge is 0.460 e. The third-order valence-electron chi connectivity index (χ3n) is 3.42. The summed E-state index contributed by atoms with van der Waals surface area (Å²) in [5.41, 5.74) is -0.851. The predicted molar refractivity (Wildman–Crippen MR) is 70.3 cm³/mol. The summed E-state index contributed by atoms with van der Waals surface area (Å²) < 4.78 is 168. The van der Waals surface area contributed by atoms with E-state index in [1.165, 1.54) is 0 Å². The van der Waals surface area contributed by atoms with Crippen LogP contribution in [0, 0.1) is 10.1 Å². The number of rotatable bonds is 7. The van der Waals surface area contributed by atoms with Crippen molar-refractivity contribution in [1.29, 1.82) is 0 Å². The van der Waals surface area contributed by atoms with Gasteiger partial charge in [0.05, 0.1) is 4.92 Å². The molecule has 0 aromatic carbocycles. The zero-order valence-electron chi connectivity index (χ0n) is 13.8. The second-order valence-corrected chi connectivity index (χ2v) is 5.48. The van der Waals surface area contributed by atoms with Crippen molar-refractivity contribution < 1.29 is 66.8 Å². The molecule has 31 heavy (non-hydrogen) atoms. The summed E-state index contributed by atoms with van der Waals surface area (Å²) in [4.78, 5) is 23.3. The van der Waals surface area contributed by atoms with Crippen LogP contribution in [0.25, 0.3) is 0 Å². The van der Waals surface area contributed by atoms with E-state index in [4.69, 9.17) is 0 Å². The quantitative estimate of drug-likeness (QED) is 0.346. The number of carbonyl (C=O) groups excluding carboxylic acids is 1. The van der Waals surface area contributed by atoms with Gasteiger partial charge in [0, 0.05) is 6.07 Å². The van der Waals surface area contributed by atoms with Crippen molar-refractivity contribution in [2.45, 2.75) is 35.8 Å². The number of hydrogen-bond acceptors (Lipinski definition) is 4.